The number of hydrogen-bond acceptors (Lipinski definition) is 8. The zero-order valence-corrected chi connectivity index (χ0v) is 19.3. The number of rotatable bonds is 7. The standard InChI is InChI=1S/C19H24N2O7SSe/c1-10(22)25-9-14-15(26-11(2)23)16(27-12(3)24)17(18(28-14)21-19(20)29)30-13-7-5-4-6-8-13/h4-8,14-18H,9H2,1-3H3,(H3,20,21,29)/t14-,15-,16+,17+,18+/m1/s1. The van der Waals surface area contributed by atoms with E-state index in [2.05, 4.69) is 5.32 Å². The van der Waals surface area contributed by atoms with Gasteiger partial charge in [0.15, 0.2) is 0 Å². The van der Waals surface area contributed by atoms with E-state index in [0.717, 1.165) is 4.46 Å². The van der Waals surface area contributed by atoms with Crippen LogP contribution in [-0.4, -0.2) is 69.1 Å². The molecule has 11 heteroatoms. The van der Waals surface area contributed by atoms with Crippen LogP contribution in [0.5, 0.6) is 0 Å². The molecule has 0 aliphatic carbocycles. The van der Waals surface area contributed by atoms with Gasteiger partial charge in [-0.3, -0.25) is 0 Å². The summed E-state index contributed by atoms with van der Waals surface area (Å²) in [6.45, 7) is 3.55. The molecular weight excluding hydrogens is 479 g/mol. The summed E-state index contributed by atoms with van der Waals surface area (Å²) in [5, 5.41) is 2.87. The second-order valence-electron chi connectivity index (χ2n) is 6.45. The molecule has 1 aromatic rings. The number of carbonyl (C=O) groups is 3. The molecule has 0 saturated carbocycles. The van der Waals surface area contributed by atoms with Gasteiger partial charge in [-0.25, -0.2) is 0 Å². The number of ether oxygens (including phenoxy) is 4. The number of thiocarbonyl (C=S) groups is 1. The van der Waals surface area contributed by atoms with Gasteiger partial charge in [-0.1, -0.05) is 0 Å². The van der Waals surface area contributed by atoms with Crippen LogP contribution < -0.4 is 15.5 Å². The summed E-state index contributed by atoms with van der Waals surface area (Å²) in [6.07, 6.45) is -3.49. The number of hydrogen-bond donors (Lipinski definition) is 2. The van der Waals surface area contributed by atoms with Crippen molar-refractivity contribution in [2.45, 2.75) is 50.1 Å². The van der Waals surface area contributed by atoms with Crippen LogP contribution in [0.3, 0.4) is 0 Å². The minimum absolute atomic E-state index is 0.00684. The van der Waals surface area contributed by atoms with Crippen molar-refractivity contribution >= 4 is 54.7 Å². The van der Waals surface area contributed by atoms with Crippen molar-refractivity contribution in [2.75, 3.05) is 6.61 Å². The van der Waals surface area contributed by atoms with Crippen LogP contribution in [0.2, 0.25) is 4.82 Å². The number of nitrogens with one attached hydrogen (secondary N) is 1. The molecule has 0 spiro atoms. The van der Waals surface area contributed by atoms with Crippen LogP contribution in [0.15, 0.2) is 30.3 Å². The maximum absolute atomic E-state index is 11.9. The molecule has 0 bridgehead atoms. The molecule has 1 aromatic carbocycles. The normalized spacial score (nSPS) is 25.6. The first-order valence-electron chi connectivity index (χ1n) is 9.08. The van der Waals surface area contributed by atoms with E-state index in [9.17, 15) is 14.4 Å². The zero-order valence-electron chi connectivity index (χ0n) is 16.7. The molecule has 1 aliphatic heterocycles. The van der Waals surface area contributed by atoms with Gasteiger partial charge >= 0.3 is 186 Å². The van der Waals surface area contributed by atoms with Gasteiger partial charge in [0, 0.05) is 0 Å². The Bertz CT molecular complexity index is 779. The third-order valence-electron chi connectivity index (χ3n) is 3.99. The average Bonchev–Trinajstić information content (AvgIpc) is 2.64. The monoisotopic (exact) mass is 504 g/mol. The number of carbonyl (C=O) groups excluding carboxylic acids is 3. The van der Waals surface area contributed by atoms with Gasteiger partial charge < -0.3 is 0 Å². The fraction of sp³-hybridized carbons (Fsp3) is 0.474. The molecule has 1 heterocycles. The molecule has 0 amide bonds. The molecule has 1 aliphatic rings. The number of esters is 3. The summed E-state index contributed by atoms with van der Waals surface area (Å²) < 4.78 is 23.2. The van der Waals surface area contributed by atoms with Gasteiger partial charge in [0.25, 0.3) is 0 Å². The Morgan fingerprint density at radius 3 is 2.20 bits per heavy atom. The Labute approximate surface area is 186 Å². The Kier molecular flexibility index (Phi) is 9.04. The summed E-state index contributed by atoms with van der Waals surface area (Å²) >= 11 is 4.70. The summed E-state index contributed by atoms with van der Waals surface area (Å²) in [7, 11) is 0. The van der Waals surface area contributed by atoms with Crippen molar-refractivity contribution in [1.82, 2.24) is 5.32 Å². The molecule has 1 saturated heterocycles. The van der Waals surface area contributed by atoms with E-state index in [0.29, 0.717) is 0 Å². The molecule has 0 unspecified atom stereocenters. The van der Waals surface area contributed by atoms with Crippen LogP contribution in [-0.2, 0) is 33.3 Å². The van der Waals surface area contributed by atoms with Crippen LogP contribution in [0.1, 0.15) is 20.8 Å². The molecule has 0 radical (unpaired) electrons. The molecule has 2 rings (SSSR count). The van der Waals surface area contributed by atoms with E-state index in [1.54, 1.807) is 0 Å². The summed E-state index contributed by atoms with van der Waals surface area (Å²) in [6, 6.07) is 9.56. The molecule has 3 N–H and O–H groups in total. The Morgan fingerprint density at radius 1 is 1.07 bits per heavy atom. The van der Waals surface area contributed by atoms with Gasteiger partial charge in [-0.15, -0.1) is 0 Å². The third-order valence-corrected chi connectivity index (χ3v) is 6.90. The fourth-order valence-corrected chi connectivity index (χ4v) is 5.64. The quantitative estimate of drug-likeness (QED) is 0.223. The first-order chi connectivity index (χ1) is 14.2. The van der Waals surface area contributed by atoms with E-state index >= 15 is 0 Å². The molecule has 0 aromatic heterocycles. The molecule has 9 nitrogen and oxygen atoms in total. The Morgan fingerprint density at radius 2 is 1.67 bits per heavy atom. The minimum atomic E-state index is -0.981. The van der Waals surface area contributed by atoms with Crippen LogP contribution in [0, 0.1) is 0 Å². The van der Waals surface area contributed by atoms with Crippen molar-refractivity contribution in [3.8, 4) is 0 Å². The second kappa shape index (κ2) is 11.3. The third kappa shape index (κ3) is 7.24. The topological polar surface area (TPSA) is 126 Å². The van der Waals surface area contributed by atoms with Gasteiger partial charge in [0.2, 0.25) is 0 Å². The molecule has 164 valence electrons. The van der Waals surface area contributed by atoms with E-state index in [4.69, 9.17) is 36.9 Å². The fourth-order valence-electron chi connectivity index (χ4n) is 2.95. The molecule has 30 heavy (non-hydrogen) atoms. The number of nitrogens with two attached hydrogens (primary N) is 1. The molecule has 1 fully saturated rings. The van der Waals surface area contributed by atoms with Gasteiger partial charge in [0.1, 0.15) is 0 Å². The summed E-state index contributed by atoms with van der Waals surface area (Å²) in [5.41, 5.74) is 5.68. The van der Waals surface area contributed by atoms with Crippen LogP contribution in [0.4, 0.5) is 0 Å². The summed E-state index contributed by atoms with van der Waals surface area (Å²) in [5.74, 6) is -1.66. The van der Waals surface area contributed by atoms with Crippen molar-refractivity contribution < 1.29 is 33.3 Å². The first kappa shape index (κ1) is 24.1. The SMILES string of the molecule is CC(=O)OC[C@H]1O[C@H](NC(N)=S)[C@@H]([Se]c2ccccc2)[C@@H](OC(C)=O)[C@@H]1OC(C)=O. The van der Waals surface area contributed by atoms with Crippen LogP contribution >= 0.6 is 12.2 Å². The second-order valence-corrected chi connectivity index (χ2v) is 9.52. The predicted molar refractivity (Wildman–Crippen MR) is 112 cm³/mol. The molecular formula is C19H24N2O7SSe. The summed E-state index contributed by atoms with van der Waals surface area (Å²) in [4.78, 5) is 34.5. The van der Waals surface area contributed by atoms with Crippen molar-refractivity contribution in [2.24, 2.45) is 5.73 Å². The van der Waals surface area contributed by atoms with Crippen molar-refractivity contribution in [3.63, 3.8) is 0 Å². The first-order valence-corrected chi connectivity index (χ1v) is 11.3. The van der Waals surface area contributed by atoms with Gasteiger partial charge in [-0.2, -0.15) is 0 Å². The van der Waals surface area contributed by atoms with Gasteiger partial charge in [-0.05, 0) is 0 Å². The predicted octanol–water partition coefficient (Wildman–Crippen LogP) is -0.211. The van der Waals surface area contributed by atoms with E-state index < -0.39 is 47.3 Å². The zero-order chi connectivity index (χ0) is 22.3. The van der Waals surface area contributed by atoms with E-state index in [1.807, 2.05) is 30.3 Å². The van der Waals surface area contributed by atoms with Crippen molar-refractivity contribution in [1.29, 1.82) is 0 Å². The average molecular weight is 503 g/mol. The Balaban J connectivity index is 2.43. The van der Waals surface area contributed by atoms with Crippen molar-refractivity contribution in [3.05, 3.63) is 30.3 Å². The Hall–Kier alpha value is -2.20. The maximum atomic E-state index is 11.9. The van der Waals surface area contributed by atoms with E-state index in [-0.39, 0.29) is 26.7 Å². The van der Waals surface area contributed by atoms with E-state index in [1.165, 1.54) is 20.8 Å². The van der Waals surface area contributed by atoms with Crippen LogP contribution in [0.25, 0.3) is 0 Å². The molecule has 5 atom stereocenters. The number of benzene rings is 1. The van der Waals surface area contributed by atoms with Gasteiger partial charge in [0.05, 0.1) is 0 Å².